The molecule has 0 spiro atoms. The Morgan fingerprint density at radius 1 is 1.18 bits per heavy atom. The fourth-order valence-corrected chi connectivity index (χ4v) is 1.48. The number of hydrogen-bond donors (Lipinski definition) is 2. The van der Waals surface area contributed by atoms with Crippen molar-refractivity contribution in [2.75, 3.05) is 20.3 Å². The molecule has 1 heterocycles. The molecule has 0 aromatic rings. The highest BCUT2D eigenvalue weighted by atomic mass is 32.3. The van der Waals surface area contributed by atoms with Gasteiger partial charge in [0.2, 0.25) is 0 Å². The number of unbranched alkanes of at least 4 members (excludes halogenated alkanes) is 3. The van der Waals surface area contributed by atoms with E-state index in [1.807, 2.05) is 0 Å². The summed E-state index contributed by atoms with van der Waals surface area (Å²) < 4.78 is 31.6. The summed E-state index contributed by atoms with van der Waals surface area (Å²) in [6.45, 7) is 4.55. The highest BCUT2D eigenvalue weighted by Gasteiger charge is 2.06. The van der Waals surface area contributed by atoms with Gasteiger partial charge >= 0.3 is 10.4 Å². The maximum absolute atomic E-state index is 8.74. The molecule has 6 nitrogen and oxygen atoms in total. The molecule has 0 bridgehead atoms. The topological polar surface area (TPSA) is 81.1 Å². The van der Waals surface area contributed by atoms with Gasteiger partial charge in [0.1, 0.15) is 0 Å². The molecule has 0 aromatic carbocycles. The monoisotopic (exact) mass is 266 g/mol. The van der Waals surface area contributed by atoms with E-state index in [2.05, 4.69) is 36.2 Å². The molecule has 0 aliphatic carbocycles. The van der Waals surface area contributed by atoms with Crippen molar-refractivity contribution in [2.45, 2.75) is 32.6 Å². The van der Waals surface area contributed by atoms with E-state index in [1.165, 1.54) is 32.2 Å². The average Bonchev–Trinajstić information content (AvgIpc) is 2.56. The van der Waals surface area contributed by atoms with E-state index in [-0.39, 0.29) is 0 Å². The van der Waals surface area contributed by atoms with Crippen LogP contribution in [0, 0.1) is 0 Å². The van der Waals surface area contributed by atoms with Crippen molar-refractivity contribution in [3.05, 3.63) is 12.4 Å². The minimum absolute atomic E-state index is 1.08. The Labute approximate surface area is 103 Å². The van der Waals surface area contributed by atoms with E-state index < -0.39 is 10.4 Å². The first-order valence-corrected chi connectivity index (χ1v) is 7.05. The molecule has 0 atom stereocenters. The lowest BCUT2D eigenvalue weighted by Gasteiger charge is -2.17. The maximum Gasteiger partial charge on any atom is 0.394 e. The Bertz CT molecular complexity index is 308. The summed E-state index contributed by atoms with van der Waals surface area (Å²) in [7, 11) is -2.55. The second-order valence-corrected chi connectivity index (χ2v) is 4.91. The summed E-state index contributed by atoms with van der Waals surface area (Å²) in [6.07, 6.45) is 9.76. The third kappa shape index (κ3) is 13.1. The maximum atomic E-state index is 8.74. The highest BCUT2D eigenvalue weighted by Crippen LogP contribution is 2.06. The predicted molar refractivity (Wildman–Crippen MR) is 66.8 cm³/mol. The summed E-state index contributed by atoms with van der Waals surface area (Å²) in [6, 6.07) is 0. The van der Waals surface area contributed by atoms with Gasteiger partial charge in [-0.15, -0.1) is 0 Å². The van der Waals surface area contributed by atoms with E-state index in [1.54, 1.807) is 0 Å². The van der Waals surface area contributed by atoms with Crippen LogP contribution in [0.2, 0.25) is 0 Å². The lowest BCUT2D eigenvalue weighted by atomic mass is 10.2. The van der Waals surface area contributed by atoms with Gasteiger partial charge in [-0.2, -0.15) is 8.42 Å². The summed E-state index contributed by atoms with van der Waals surface area (Å²) in [5.74, 6) is 0. The molecule has 1 aliphatic rings. The van der Waals surface area contributed by atoms with Gasteiger partial charge in [0.05, 0.1) is 6.67 Å². The number of hydrogen-bond acceptors (Lipinski definition) is 4. The van der Waals surface area contributed by atoms with Crippen molar-refractivity contribution in [2.24, 2.45) is 0 Å². The van der Waals surface area contributed by atoms with Crippen LogP contribution < -0.4 is 0 Å². The molecule has 2 N–H and O–H groups in total. The smallest absolute Gasteiger partial charge is 0.362 e. The Hall–Kier alpha value is -0.790. The minimum atomic E-state index is -4.67. The molecule has 17 heavy (non-hydrogen) atoms. The zero-order valence-corrected chi connectivity index (χ0v) is 11.2. The van der Waals surface area contributed by atoms with Gasteiger partial charge in [0.25, 0.3) is 0 Å². The second kappa shape index (κ2) is 8.32. The predicted octanol–water partition coefficient (Wildman–Crippen LogP) is 1.59. The summed E-state index contributed by atoms with van der Waals surface area (Å²) in [5, 5.41) is 0. The fourth-order valence-electron chi connectivity index (χ4n) is 1.48. The number of nitrogens with zero attached hydrogens (tertiary/aromatic N) is 2. The molecule has 7 heteroatoms. The normalized spacial score (nSPS) is 14.8. The second-order valence-electron chi connectivity index (χ2n) is 4.02. The third-order valence-corrected chi connectivity index (χ3v) is 2.24. The lowest BCUT2D eigenvalue weighted by Crippen LogP contribution is -2.23. The Balaban J connectivity index is 0.000000437. The van der Waals surface area contributed by atoms with E-state index in [9.17, 15) is 0 Å². The SMILES string of the molecule is CCCCCCN1C=CN(C)C1.O=S(=O)(O)O. The molecule has 0 fully saturated rings. The van der Waals surface area contributed by atoms with Crippen LogP contribution in [-0.2, 0) is 10.4 Å². The van der Waals surface area contributed by atoms with Crippen molar-refractivity contribution >= 4 is 10.4 Å². The van der Waals surface area contributed by atoms with Crippen molar-refractivity contribution in [1.29, 1.82) is 0 Å². The quantitative estimate of drug-likeness (QED) is 0.581. The first kappa shape index (κ1) is 16.2. The number of rotatable bonds is 5. The van der Waals surface area contributed by atoms with E-state index >= 15 is 0 Å². The Morgan fingerprint density at radius 2 is 1.76 bits per heavy atom. The van der Waals surface area contributed by atoms with Crippen LogP contribution >= 0.6 is 0 Å². The van der Waals surface area contributed by atoms with Crippen molar-refractivity contribution in [1.82, 2.24) is 9.80 Å². The Morgan fingerprint density at radius 3 is 2.18 bits per heavy atom. The van der Waals surface area contributed by atoms with Crippen LogP contribution in [-0.4, -0.2) is 47.6 Å². The molecule has 0 radical (unpaired) electrons. The zero-order valence-electron chi connectivity index (χ0n) is 10.4. The molecular formula is C10H22N2O4S. The third-order valence-electron chi connectivity index (χ3n) is 2.24. The van der Waals surface area contributed by atoms with Gasteiger partial charge in [-0.3, -0.25) is 9.11 Å². The zero-order chi connectivity index (χ0) is 13.3. The summed E-state index contributed by atoms with van der Waals surface area (Å²) >= 11 is 0. The first-order chi connectivity index (χ1) is 7.83. The van der Waals surface area contributed by atoms with Crippen molar-refractivity contribution in [3.8, 4) is 0 Å². The van der Waals surface area contributed by atoms with Gasteiger partial charge in [0.15, 0.2) is 0 Å². The van der Waals surface area contributed by atoms with Gasteiger partial charge in [-0.05, 0) is 6.42 Å². The van der Waals surface area contributed by atoms with Crippen LogP contribution in [0.5, 0.6) is 0 Å². The van der Waals surface area contributed by atoms with Gasteiger partial charge in [0, 0.05) is 26.0 Å². The molecule has 0 saturated heterocycles. The van der Waals surface area contributed by atoms with E-state index in [0.717, 1.165) is 6.67 Å². The Kier molecular flexibility index (Phi) is 7.94. The standard InChI is InChI=1S/C10H20N2.H2O4S/c1-3-4-5-6-7-12-9-8-11(2)10-12;1-5(2,3)4/h8-9H,3-7,10H2,1-2H3;(H2,1,2,3,4). The van der Waals surface area contributed by atoms with Crippen molar-refractivity contribution in [3.63, 3.8) is 0 Å². The van der Waals surface area contributed by atoms with E-state index in [0.29, 0.717) is 0 Å². The molecule has 0 saturated carbocycles. The lowest BCUT2D eigenvalue weighted by molar-refractivity contribution is 0.291. The van der Waals surface area contributed by atoms with Crippen LogP contribution in [0.1, 0.15) is 32.6 Å². The summed E-state index contributed by atoms with van der Waals surface area (Å²) in [4.78, 5) is 4.58. The van der Waals surface area contributed by atoms with Crippen LogP contribution in [0.3, 0.4) is 0 Å². The van der Waals surface area contributed by atoms with Gasteiger partial charge in [-0.25, -0.2) is 0 Å². The molecule has 1 aliphatic heterocycles. The van der Waals surface area contributed by atoms with Gasteiger partial charge < -0.3 is 9.80 Å². The van der Waals surface area contributed by atoms with E-state index in [4.69, 9.17) is 17.5 Å². The molecule has 0 amide bonds. The van der Waals surface area contributed by atoms with Crippen LogP contribution in [0.4, 0.5) is 0 Å². The van der Waals surface area contributed by atoms with Gasteiger partial charge in [-0.1, -0.05) is 26.2 Å². The van der Waals surface area contributed by atoms with Crippen molar-refractivity contribution < 1.29 is 17.5 Å². The molecule has 1 rings (SSSR count). The first-order valence-electron chi connectivity index (χ1n) is 5.65. The largest absolute Gasteiger partial charge is 0.394 e. The molecule has 0 unspecified atom stereocenters. The van der Waals surface area contributed by atoms with Crippen LogP contribution in [0.25, 0.3) is 0 Å². The fraction of sp³-hybridized carbons (Fsp3) is 0.800. The van der Waals surface area contributed by atoms with Crippen LogP contribution in [0.15, 0.2) is 12.4 Å². The molecule has 0 aromatic heterocycles. The minimum Gasteiger partial charge on any atom is -0.362 e. The summed E-state index contributed by atoms with van der Waals surface area (Å²) in [5.41, 5.74) is 0. The molecule has 102 valence electrons. The highest BCUT2D eigenvalue weighted by molar-refractivity contribution is 7.79. The molecular weight excluding hydrogens is 244 g/mol. The average molecular weight is 266 g/mol.